The summed E-state index contributed by atoms with van der Waals surface area (Å²) in [5.41, 5.74) is -0.472. The predicted molar refractivity (Wildman–Crippen MR) is 74.7 cm³/mol. The van der Waals surface area contributed by atoms with Gasteiger partial charge in [0.05, 0.1) is 0 Å². The first kappa shape index (κ1) is 14.5. The average molecular weight is 306 g/mol. The third-order valence-corrected chi connectivity index (χ3v) is 3.17. The Labute approximate surface area is 127 Å². The fraction of sp³-hybridized carbons (Fsp3) is 0.615. The molecule has 0 bridgehead atoms. The number of aromatic amines is 1. The monoisotopic (exact) mass is 306 g/mol. The van der Waals surface area contributed by atoms with Crippen molar-refractivity contribution in [1.29, 1.82) is 0 Å². The number of rotatable bonds is 3. The number of aromatic nitrogens is 5. The summed E-state index contributed by atoms with van der Waals surface area (Å²) in [6.07, 6.45) is 1.73. The van der Waals surface area contributed by atoms with Gasteiger partial charge >= 0.3 is 6.09 Å². The summed E-state index contributed by atoms with van der Waals surface area (Å²) >= 11 is 0. The molecule has 1 aliphatic heterocycles. The van der Waals surface area contributed by atoms with Crippen LogP contribution in [0.1, 0.15) is 26.7 Å². The average Bonchev–Trinajstić information content (AvgIpc) is 3.01. The lowest BCUT2D eigenvalue weighted by Crippen LogP contribution is -2.52. The summed E-state index contributed by atoms with van der Waals surface area (Å²) in [4.78, 5) is 21.7. The van der Waals surface area contributed by atoms with Crippen LogP contribution in [0.5, 0.6) is 0 Å². The Kier molecular flexibility index (Phi) is 3.55. The molecular weight excluding hydrogens is 288 g/mol. The summed E-state index contributed by atoms with van der Waals surface area (Å²) in [5.74, 6) is 1.69. The molecule has 0 atom stereocenters. The molecule has 1 N–H and O–H groups in total. The molecule has 0 saturated carbocycles. The molecule has 118 valence electrons. The highest BCUT2D eigenvalue weighted by Crippen LogP contribution is 2.23. The number of amides is 1. The van der Waals surface area contributed by atoms with E-state index in [0.717, 1.165) is 0 Å². The van der Waals surface area contributed by atoms with Crippen LogP contribution >= 0.6 is 0 Å². The fourth-order valence-corrected chi connectivity index (χ4v) is 2.17. The number of nitrogens with zero attached hydrogens (tertiary/aromatic N) is 5. The van der Waals surface area contributed by atoms with Crippen LogP contribution in [0.2, 0.25) is 0 Å². The van der Waals surface area contributed by atoms with E-state index in [0.29, 0.717) is 43.0 Å². The minimum absolute atomic E-state index is 0.281. The number of H-pyrrole nitrogens is 1. The lowest BCUT2D eigenvalue weighted by atomic mass is 9.97. The van der Waals surface area contributed by atoms with Crippen LogP contribution in [0.15, 0.2) is 10.9 Å². The molecule has 1 saturated heterocycles. The van der Waals surface area contributed by atoms with Gasteiger partial charge in [-0.15, -0.1) is 0 Å². The largest absolute Gasteiger partial charge is 0.444 e. The van der Waals surface area contributed by atoms with E-state index in [9.17, 15) is 4.79 Å². The first-order valence-corrected chi connectivity index (χ1v) is 7.07. The quantitative estimate of drug-likeness (QED) is 0.908. The molecule has 3 rings (SSSR count). The Hall–Kier alpha value is -2.45. The van der Waals surface area contributed by atoms with Gasteiger partial charge in [0.25, 0.3) is 0 Å². The highest BCUT2D eigenvalue weighted by Gasteiger charge is 2.34. The molecule has 1 amide bonds. The fourth-order valence-electron chi connectivity index (χ4n) is 2.17. The second-order valence-corrected chi connectivity index (χ2v) is 6.30. The van der Waals surface area contributed by atoms with Crippen LogP contribution in [-0.2, 0) is 11.2 Å². The SMILES string of the molecule is CC(C)(C)OC(=O)N1CC(Cc2nc(-c3ncn[nH]3)no2)C1. The maximum atomic E-state index is 11.8. The Morgan fingerprint density at radius 1 is 1.50 bits per heavy atom. The van der Waals surface area contributed by atoms with Crippen molar-refractivity contribution in [2.24, 2.45) is 5.92 Å². The molecule has 1 aliphatic rings. The van der Waals surface area contributed by atoms with Gasteiger partial charge in [-0.1, -0.05) is 5.16 Å². The van der Waals surface area contributed by atoms with E-state index in [4.69, 9.17) is 9.26 Å². The lowest BCUT2D eigenvalue weighted by Gasteiger charge is -2.39. The van der Waals surface area contributed by atoms with E-state index in [1.165, 1.54) is 6.33 Å². The summed E-state index contributed by atoms with van der Waals surface area (Å²) in [7, 11) is 0. The van der Waals surface area contributed by atoms with E-state index in [2.05, 4.69) is 25.3 Å². The molecule has 9 nitrogen and oxygen atoms in total. The minimum atomic E-state index is -0.472. The standard InChI is InChI=1S/C13H18N6O3/c1-13(2,3)21-12(20)19-5-8(6-19)4-9-16-11(18-22-9)10-14-7-15-17-10/h7-8H,4-6H2,1-3H3,(H,14,15,17). The van der Waals surface area contributed by atoms with Crippen molar-refractivity contribution in [2.75, 3.05) is 13.1 Å². The minimum Gasteiger partial charge on any atom is -0.444 e. The van der Waals surface area contributed by atoms with Crippen LogP contribution in [0.3, 0.4) is 0 Å². The maximum Gasteiger partial charge on any atom is 0.410 e. The highest BCUT2D eigenvalue weighted by molar-refractivity contribution is 5.69. The first-order chi connectivity index (χ1) is 10.4. The van der Waals surface area contributed by atoms with Crippen molar-refractivity contribution in [3.05, 3.63) is 12.2 Å². The van der Waals surface area contributed by atoms with Gasteiger partial charge in [0.15, 0.2) is 5.82 Å². The number of likely N-dealkylation sites (tertiary alicyclic amines) is 1. The van der Waals surface area contributed by atoms with E-state index in [-0.39, 0.29) is 6.09 Å². The van der Waals surface area contributed by atoms with E-state index < -0.39 is 5.60 Å². The topological polar surface area (TPSA) is 110 Å². The van der Waals surface area contributed by atoms with Crippen LogP contribution in [0.25, 0.3) is 11.6 Å². The Balaban J connectivity index is 1.49. The number of carbonyl (C=O) groups is 1. The van der Waals surface area contributed by atoms with Crippen molar-refractivity contribution < 1.29 is 14.1 Å². The number of nitrogens with one attached hydrogen (secondary N) is 1. The normalized spacial score (nSPS) is 15.7. The Morgan fingerprint density at radius 2 is 2.27 bits per heavy atom. The molecule has 22 heavy (non-hydrogen) atoms. The molecule has 0 radical (unpaired) electrons. The second kappa shape index (κ2) is 5.39. The Morgan fingerprint density at radius 3 is 2.91 bits per heavy atom. The molecule has 1 fully saturated rings. The summed E-state index contributed by atoms with van der Waals surface area (Å²) in [6, 6.07) is 0. The van der Waals surface area contributed by atoms with Gasteiger partial charge in [-0.2, -0.15) is 10.1 Å². The molecule has 0 aliphatic carbocycles. The van der Waals surface area contributed by atoms with E-state index in [1.807, 2.05) is 20.8 Å². The van der Waals surface area contributed by atoms with Crippen LogP contribution in [0, 0.1) is 5.92 Å². The zero-order valence-electron chi connectivity index (χ0n) is 12.7. The molecule has 2 aromatic rings. The Bertz CT molecular complexity index is 639. The third kappa shape index (κ3) is 3.23. The van der Waals surface area contributed by atoms with Crippen molar-refractivity contribution in [3.63, 3.8) is 0 Å². The lowest BCUT2D eigenvalue weighted by molar-refractivity contribution is -0.00186. The molecule has 3 heterocycles. The van der Waals surface area contributed by atoms with Gasteiger partial charge in [-0.05, 0) is 20.8 Å². The predicted octanol–water partition coefficient (Wildman–Crippen LogP) is 1.26. The van der Waals surface area contributed by atoms with Crippen molar-refractivity contribution in [2.45, 2.75) is 32.8 Å². The van der Waals surface area contributed by atoms with Crippen molar-refractivity contribution in [3.8, 4) is 11.6 Å². The zero-order chi connectivity index (χ0) is 15.7. The van der Waals surface area contributed by atoms with Crippen molar-refractivity contribution in [1.82, 2.24) is 30.2 Å². The van der Waals surface area contributed by atoms with Gasteiger partial charge in [0.2, 0.25) is 11.7 Å². The molecule has 9 heteroatoms. The number of carbonyl (C=O) groups excluding carboxylic acids is 1. The number of ether oxygens (including phenoxy) is 1. The van der Waals surface area contributed by atoms with Crippen LogP contribution < -0.4 is 0 Å². The van der Waals surface area contributed by atoms with Crippen LogP contribution in [0.4, 0.5) is 4.79 Å². The van der Waals surface area contributed by atoms with Gasteiger partial charge in [-0.3, -0.25) is 5.10 Å². The molecular formula is C13H18N6O3. The smallest absolute Gasteiger partial charge is 0.410 e. The van der Waals surface area contributed by atoms with Gasteiger partial charge in [0.1, 0.15) is 11.9 Å². The first-order valence-electron chi connectivity index (χ1n) is 7.07. The number of hydrogen-bond donors (Lipinski definition) is 1. The summed E-state index contributed by atoms with van der Waals surface area (Å²) in [5, 5.41) is 10.3. The van der Waals surface area contributed by atoms with E-state index >= 15 is 0 Å². The highest BCUT2D eigenvalue weighted by atomic mass is 16.6. The summed E-state index contributed by atoms with van der Waals surface area (Å²) < 4.78 is 10.5. The third-order valence-electron chi connectivity index (χ3n) is 3.17. The van der Waals surface area contributed by atoms with Crippen molar-refractivity contribution >= 4 is 6.09 Å². The van der Waals surface area contributed by atoms with Gasteiger partial charge in [-0.25, -0.2) is 9.78 Å². The maximum absolute atomic E-state index is 11.8. The zero-order valence-corrected chi connectivity index (χ0v) is 12.7. The second-order valence-electron chi connectivity index (χ2n) is 6.30. The summed E-state index contributed by atoms with van der Waals surface area (Å²) in [6.45, 7) is 6.83. The molecule has 2 aromatic heterocycles. The molecule has 0 unspecified atom stereocenters. The molecule has 0 spiro atoms. The van der Waals surface area contributed by atoms with Crippen LogP contribution in [-0.4, -0.2) is 55.0 Å². The molecule has 0 aromatic carbocycles. The number of hydrogen-bond acceptors (Lipinski definition) is 7. The van der Waals surface area contributed by atoms with Gasteiger partial charge < -0.3 is 14.2 Å². The van der Waals surface area contributed by atoms with Gasteiger partial charge in [0, 0.05) is 25.4 Å². The van der Waals surface area contributed by atoms with E-state index in [1.54, 1.807) is 4.90 Å².